The molecule has 0 fully saturated rings. The number of aryl methyl sites for hydroxylation is 2. The highest BCUT2D eigenvalue weighted by Gasteiger charge is 2.25. The Balaban J connectivity index is 1.79. The number of hydrogen-bond donors (Lipinski definition) is 0. The van der Waals surface area contributed by atoms with E-state index in [0.29, 0.717) is 6.04 Å². The van der Waals surface area contributed by atoms with Crippen LogP contribution in [0.1, 0.15) is 23.6 Å². The first-order chi connectivity index (χ1) is 9.76. The number of rotatable bonds is 4. The molecule has 6 heteroatoms. The van der Waals surface area contributed by atoms with Gasteiger partial charge in [0.2, 0.25) is 0 Å². The predicted octanol–water partition coefficient (Wildman–Crippen LogP) is 1.60. The maximum atomic E-state index is 5.37. The Bertz CT molecular complexity index is 563. The summed E-state index contributed by atoms with van der Waals surface area (Å²) in [5.41, 5.74) is 2.21. The van der Waals surface area contributed by atoms with Gasteiger partial charge in [0.1, 0.15) is 5.76 Å². The van der Waals surface area contributed by atoms with Gasteiger partial charge in [-0.2, -0.15) is 5.10 Å². The molecule has 1 atom stereocenters. The van der Waals surface area contributed by atoms with Gasteiger partial charge in [-0.3, -0.25) is 9.58 Å². The molecule has 0 saturated heterocycles. The van der Waals surface area contributed by atoms with Gasteiger partial charge in [-0.15, -0.1) is 0 Å². The first-order valence-electron chi connectivity index (χ1n) is 6.92. The molecule has 0 N–H and O–H groups in total. The Morgan fingerprint density at radius 3 is 3.15 bits per heavy atom. The van der Waals surface area contributed by atoms with Gasteiger partial charge in [0.05, 0.1) is 18.0 Å². The molecule has 0 aliphatic carbocycles. The van der Waals surface area contributed by atoms with Crippen LogP contribution in [0, 0.1) is 6.92 Å². The Morgan fingerprint density at radius 1 is 1.50 bits per heavy atom. The molecule has 2 aromatic heterocycles. The Hall–Kier alpha value is -1.66. The summed E-state index contributed by atoms with van der Waals surface area (Å²) in [6.45, 7) is 5.21. The van der Waals surface area contributed by atoms with E-state index in [1.807, 2.05) is 19.2 Å². The maximum Gasteiger partial charge on any atom is 0.133 e. The lowest BCUT2D eigenvalue weighted by molar-refractivity contribution is 0.0765. The zero-order valence-electron chi connectivity index (χ0n) is 12.0. The molecule has 0 amide bonds. The molecule has 1 unspecified atom stereocenters. The summed E-state index contributed by atoms with van der Waals surface area (Å²) in [4.78, 5) is 2.39. The van der Waals surface area contributed by atoms with Gasteiger partial charge in [0.25, 0.3) is 0 Å². The molecule has 20 heavy (non-hydrogen) atoms. The normalized spacial score (nSPS) is 19.8. The van der Waals surface area contributed by atoms with Crippen LogP contribution >= 0.6 is 0 Å². The lowest BCUT2D eigenvalue weighted by Crippen LogP contribution is -2.36. The fourth-order valence-corrected chi connectivity index (χ4v) is 2.75. The lowest BCUT2D eigenvalue weighted by atomic mass is 10.1. The molecule has 108 valence electrons. The van der Waals surface area contributed by atoms with E-state index >= 15 is 0 Å². The summed E-state index contributed by atoms with van der Waals surface area (Å²) in [6.07, 6.45) is 2.89. The van der Waals surface area contributed by atoms with Crippen molar-refractivity contribution in [2.45, 2.75) is 39.0 Å². The predicted molar refractivity (Wildman–Crippen MR) is 73.0 cm³/mol. The zero-order valence-corrected chi connectivity index (χ0v) is 12.0. The molecule has 1 aliphatic heterocycles. The third-order valence-corrected chi connectivity index (χ3v) is 3.76. The Labute approximate surface area is 118 Å². The lowest BCUT2D eigenvalue weighted by Gasteiger charge is -2.27. The summed E-state index contributed by atoms with van der Waals surface area (Å²) in [5, 5.41) is 8.47. The van der Waals surface area contributed by atoms with E-state index in [1.165, 1.54) is 5.69 Å². The molecular weight excluding hydrogens is 256 g/mol. The van der Waals surface area contributed by atoms with Crippen LogP contribution in [0.2, 0.25) is 0 Å². The summed E-state index contributed by atoms with van der Waals surface area (Å²) in [7, 11) is 1.75. The van der Waals surface area contributed by atoms with E-state index in [9.17, 15) is 0 Å². The monoisotopic (exact) mass is 276 g/mol. The van der Waals surface area contributed by atoms with Crippen LogP contribution in [0.4, 0.5) is 0 Å². The Morgan fingerprint density at radius 2 is 2.40 bits per heavy atom. The van der Waals surface area contributed by atoms with Crippen molar-refractivity contribution in [1.82, 2.24) is 19.8 Å². The quantitative estimate of drug-likeness (QED) is 0.849. The fourth-order valence-electron chi connectivity index (χ4n) is 2.75. The van der Waals surface area contributed by atoms with Crippen molar-refractivity contribution in [1.29, 1.82) is 0 Å². The SMILES string of the molecule is COCC1CCn2nccc2CN1Cc1cc(C)on1. The maximum absolute atomic E-state index is 5.37. The molecule has 3 heterocycles. The van der Waals surface area contributed by atoms with E-state index in [1.54, 1.807) is 7.11 Å². The molecule has 0 bridgehead atoms. The molecule has 0 saturated carbocycles. The number of methoxy groups -OCH3 is 1. The van der Waals surface area contributed by atoms with Crippen LogP contribution in [0.5, 0.6) is 0 Å². The molecule has 1 aliphatic rings. The highest BCUT2D eigenvalue weighted by atomic mass is 16.5. The summed E-state index contributed by atoms with van der Waals surface area (Å²) >= 11 is 0. The third-order valence-electron chi connectivity index (χ3n) is 3.76. The highest BCUT2D eigenvalue weighted by Crippen LogP contribution is 2.20. The first kappa shape index (κ1) is 13.3. The topological polar surface area (TPSA) is 56.3 Å². The molecule has 0 radical (unpaired) electrons. The van der Waals surface area contributed by atoms with E-state index in [0.717, 1.165) is 44.1 Å². The highest BCUT2D eigenvalue weighted by molar-refractivity contribution is 5.07. The number of hydrogen-bond acceptors (Lipinski definition) is 5. The Kier molecular flexibility index (Phi) is 3.84. The van der Waals surface area contributed by atoms with Crippen LogP contribution in [0.15, 0.2) is 22.9 Å². The molecule has 6 nitrogen and oxygen atoms in total. The van der Waals surface area contributed by atoms with Crippen LogP contribution in [-0.2, 0) is 24.4 Å². The van der Waals surface area contributed by atoms with Crippen molar-refractivity contribution < 1.29 is 9.26 Å². The van der Waals surface area contributed by atoms with Crippen LogP contribution in [0.25, 0.3) is 0 Å². The van der Waals surface area contributed by atoms with Crippen molar-refractivity contribution in [3.05, 3.63) is 35.5 Å². The molecule has 0 aromatic carbocycles. The summed E-state index contributed by atoms with van der Waals surface area (Å²) in [6, 6.07) is 4.45. The van der Waals surface area contributed by atoms with Crippen LogP contribution < -0.4 is 0 Å². The molecule has 0 spiro atoms. The van der Waals surface area contributed by atoms with Gasteiger partial charge in [0, 0.05) is 45.0 Å². The van der Waals surface area contributed by atoms with E-state index < -0.39 is 0 Å². The fraction of sp³-hybridized carbons (Fsp3) is 0.571. The van der Waals surface area contributed by atoms with E-state index in [4.69, 9.17) is 9.26 Å². The van der Waals surface area contributed by atoms with Gasteiger partial charge in [0.15, 0.2) is 0 Å². The van der Waals surface area contributed by atoms with E-state index in [2.05, 4.69) is 25.9 Å². The minimum absolute atomic E-state index is 0.374. The van der Waals surface area contributed by atoms with Gasteiger partial charge in [-0.1, -0.05) is 5.16 Å². The summed E-state index contributed by atoms with van der Waals surface area (Å²) < 4.78 is 12.6. The van der Waals surface area contributed by atoms with Crippen LogP contribution in [-0.4, -0.2) is 39.6 Å². The minimum Gasteiger partial charge on any atom is -0.383 e. The van der Waals surface area contributed by atoms with Gasteiger partial charge < -0.3 is 9.26 Å². The second-order valence-corrected chi connectivity index (χ2v) is 5.28. The van der Waals surface area contributed by atoms with E-state index in [-0.39, 0.29) is 0 Å². The molecule has 2 aromatic rings. The standard InChI is InChI=1S/C14H20N4O2/c1-11-7-12(16-20-11)8-17-9-13-3-5-15-18(13)6-4-14(17)10-19-2/h3,5,7,14H,4,6,8-10H2,1-2H3. The second-order valence-electron chi connectivity index (χ2n) is 5.28. The van der Waals surface area contributed by atoms with Crippen molar-refractivity contribution in [2.75, 3.05) is 13.7 Å². The molecular formula is C14H20N4O2. The number of ether oxygens (including phenoxy) is 1. The average Bonchev–Trinajstić information content (AvgIpc) is 3.00. The average molecular weight is 276 g/mol. The number of fused-ring (bicyclic) bond motifs is 1. The third kappa shape index (κ3) is 2.76. The van der Waals surface area contributed by atoms with Crippen molar-refractivity contribution >= 4 is 0 Å². The zero-order chi connectivity index (χ0) is 13.9. The number of aromatic nitrogens is 3. The molecule has 3 rings (SSSR count). The van der Waals surface area contributed by atoms with Crippen LogP contribution in [0.3, 0.4) is 0 Å². The summed E-state index contributed by atoms with van der Waals surface area (Å²) in [5.74, 6) is 0.850. The largest absolute Gasteiger partial charge is 0.383 e. The van der Waals surface area contributed by atoms with Gasteiger partial charge >= 0.3 is 0 Å². The van der Waals surface area contributed by atoms with Crippen molar-refractivity contribution in [2.24, 2.45) is 0 Å². The minimum atomic E-state index is 0.374. The number of nitrogens with zero attached hydrogens (tertiary/aromatic N) is 4. The van der Waals surface area contributed by atoms with Gasteiger partial charge in [-0.25, -0.2) is 0 Å². The van der Waals surface area contributed by atoms with Gasteiger partial charge in [-0.05, 0) is 19.4 Å². The first-order valence-corrected chi connectivity index (χ1v) is 6.92. The second kappa shape index (κ2) is 5.76. The van der Waals surface area contributed by atoms with Crippen molar-refractivity contribution in [3.8, 4) is 0 Å². The van der Waals surface area contributed by atoms with Crippen molar-refractivity contribution in [3.63, 3.8) is 0 Å². The smallest absolute Gasteiger partial charge is 0.133 e.